The molecule has 0 aliphatic carbocycles. The topological polar surface area (TPSA) is 38.7 Å². The highest BCUT2D eigenvalue weighted by Crippen LogP contribution is 2.38. The molecule has 1 aliphatic rings. The summed E-state index contributed by atoms with van der Waals surface area (Å²) in [5.41, 5.74) is 0.650. The highest BCUT2D eigenvalue weighted by molar-refractivity contribution is 6.11. The molecule has 1 aliphatic heterocycles. The van der Waals surface area contributed by atoms with Gasteiger partial charge in [-0.3, -0.25) is 0 Å². The van der Waals surface area contributed by atoms with Gasteiger partial charge < -0.3 is 14.6 Å². The number of aliphatic hydroxyl groups is 1. The first-order valence-corrected chi connectivity index (χ1v) is 6.82. The third-order valence-corrected chi connectivity index (χ3v) is 4.11. The molecule has 0 amide bonds. The zero-order valence-electron chi connectivity index (χ0n) is 11.6. The lowest BCUT2D eigenvalue weighted by Gasteiger charge is -2.32. The zero-order chi connectivity index (χ0) is 13.9. The van der Waals surface area contributed by atoms with Crippen molar-refractivity contribution in [2.24, 2.45) is 5.92 Å². The number of rotatable bonds is 5. The molecule has 1 heterocycles. The maximum Gasteiger partial charge on any atom is 0.112 e. The molecule has 0 aromatic heterocycles. The van der Waals surface area contributed by atoms with Gasteiger partial charge in [-0.25, -0.2) is 0 Å². The molecule has 0 saturated carbocycles. The Bertz CT molecular complexity index is 398. The third-order valence-electron chi connectivity index (χ3n) is 4.11. The normalized spacial score (nSPS) is 34.6. The van der Waals surface area contributed by atoms with Crippen molar-refractivity contribution >= 4 is 7.85 Å². The first-order valence-electron chi connectivity index (χ1n) is 6.82. The molecule has 1 fully saturated rings. The smallest absolute Gasteiger partial charge is 0.112 e. The molecule has 1 saturated heterocycles. The summed E-state index contributed by atoms with van der Waals surface area (Å²) in [6.45, 7) is 4.99. The summed E-state index contributed by atoms with van der Waals surface area (Å²) in [5, 5.41) is 9.94. The quantitative estimate of drug-likeness (QED) is 0.821. The van der Waals surface area contributed by atoms with Crippen molar-refractivity contribution in [3.8, 4) is 0 Å². The van der Waals surface area contributed by atoms with E-state index in [9.17, 15) is 5.11 Å². The standard InChI is InChI=1S/C15H21BO3/c1-3-15(11(2)13(17)14(16)19-15)10-18-9-12-7-5-4-6-8-12/h4-8,11,13-14,17H,3,9-10H2,1-2H3/t11-,13+,14+,15+/m0/s1. The Labute approximate surface area is 116 Å². The molecule has 4 atom stereocenters. The highest BCUT2D eigenvalue weighted by atomic mass is 16.6. The van der Waals surface area contributed by atoms with E-state index in [4.69, 9.17) is 17.3 Å². The third kappa shape index (κ3) is 3.02. The second kappa shape index (κ2) is 6.08. The van der Waals surface area contributed by atoms with E-state index >= 15 is 0 Å². The average Bonchev–Trinajstić information content (AvgIpc) is 2.65. The number of hydrogen-bond donors (Lipinski definition) is 1. The maximum atomic E-state index is 9.94. The molecule has 102 valence electrons. The van der Waals surface area contributed by atoms with Crippen LogP contribution in [-0.4, -0.2) is 37.3 Å². The Morgan fingerprint density at radius 3 is 2.58 bits per heavy atom. The van der Waals surface area contributed by atoms with Crippen LogP contribution >= 0.6 is 0 Å². The van der Waals surface area contributed by atoms with Gasteiger partial charge in [0.05, 0.1) is 24.9 Å². The Morgan fingerprint density at radius 1 is 1.37 bits per heavy atom. The Hall–Kier alpha value is -0.835. The van der Waals surface area contributed by atoms with Crippen LogP contribution < -0.4 is 0 Å². The number of benzene rings is 1. The lowest BCUT2D eigenvalue weighted by atomic mass is 9.82. The summed E-state index contributed by atoms with van der Waals surface area (Å²) >= 11 is 0. The van der Waals surface area contributed by atoms with Crippen LogP contribution in [-0.2, 0) is 16.1 Å². The largest absolute Gasteiger partial charge is 0.391 e. The van der Waals surface area contributed by atoms with Gasteiger partial charge in [-0.15, -0.1) is 0 Å². The fourth-order valence-electron chi connectivity index (χ4n) is 2.63. The molecule has 0 unspecified atom stereocenters. The number of hydrogen-bond acceptors (Lipinski definition) is 3. The van der Waals surface area contributed by atoms with Crippen LogP contribution in [0.4, 0.5) is 0 Å². The minimum atomic E-state index is -0.625. The summed E-state index contributed by atoms with van der Waals surface area (Å²) in [6.07, 6.45) is 0.147. The van der Waals surface area contributed by atoms with Crippen molar-refractivity contribution in [1.29, 1.82) is 0 Å². The van der Waals surface area contributed by atoms with E-state index in [0.29, 0.717) is 13.2 Å². The molecule has 4 heteroatoms. The van der Waals surface area contributed by atoms with E-state index in [0.717, 1.165) is 12.0 Å². The summed E-state index contributed by atoms with van der Waals surface area (Å²) in [4.78, 5) is 0. The van der Waals surface area contributed by atoms with E-state index in [1.54, 1.807) is 0 Å². The summed E-state index contributed by atoms with van der Waals surface area (Å²) in [6, 6.07) is 9.39. The van der Waals surface area contributed by atoms with Gasteiger partial charge in [-0.2, -0.15) is 0 Å². The summed E-state index contributed by atoms with van der Waals surface area (Å²) in [5.74, 6) is -0.0247. The Morgan fingerprint density at radius 2 is 2.05 bits per heavy atom. The van der Waals surface area contributed by atoms with Crippen LogP contribution in [0.2, 0.25) is 0 Å². The molecule has 1 aromatic rings. The second-order valence-corrected chi connectivity index (χ2v) is 5.26. The molecule has 2 radical (unpaired) electrons. The van der Waals surface area contributed by atoms with Gasteiger partial charge in [0.15, 0.2) is 0 Å². The van der Waals surface area contributed by atoms with Crippen LogP contribution in [0.3, 0.4) is 0 Å². The van der Waals surface area contributed by atoms with E-state index < -0.39 is 17.7 Å². The molecule has 1 N–H and O–H groups in total. The summed E-state index contributed by atoms with van der Waals surface area (Å²) in [7, 11) is 5.77. The van der Waals surface area contributed by atoms with Crippen molar-refractivity contribution in [3.63, 3.8) is 0 Å². The van der Waals surface area contributed by atoms with Crippen molar-refractivity contribution in [3.05, 3.63) is 35.9 Å². The van der Waals surface area contributed by atoms with Crippen LogP contribution in [0, 0.1) is 5.92 Å². The van der Waals surface area contributed by atoms with Crippen molar-refractivity contribution < 1.29 is 14.6 Å². The van der Waals surface area contributed by atoms with Gasteiger partial charge >= 0.3 is 0 Å². The fraction of sp³-hybridized carbons (Fsp3) is 0.600. The van der Waals surface area contributed by atoms with E-state index in [-0.39, 0.29) is 5.92 Å². The van der Waals surface area contributed by atoms with Crippen molar-refractivity contribution in [1.82, 2.24) is 0 Å². The predicted molar refractivity (Wildman–Crippen MR) is 74.9 cm³/mol. The van der Waals surface area contributed by atoms with Crippen molar-refractivity contribution in [2.45, 2.75) is 44.6 Å². The molecule has 0 spiro atoms. The Kier molecular flexibility index (Phi) is 4.66. The van der Waals surface area contributed by atoms with E-state index in [2.05, 4.69) is 0 Å². The number of ether oxygens (including phenoxy) is 2. The average molecular weight is 260 g/mol. The van der Waals surface area contributed by atoms with Crippen LogP contribution in [0.15, 0.2) is 30.3 Å². The van der Waals surface area contributed by atoms with Crippen LogP contribution in [0.25, 0.3) is 0 Å². The van der Waals surface area contributed by atoms with Gasteiger partial charge in [0, 0.05) is 11.9 Å². The molecule has 2 rings (SSSR count). The molecular weight excluding hydrogens is 239 g/mol. The second-order valence-electron chi connectivity index (χ2n) is 5.26. The van der Waals surface area contributed by atoms with Gasteiger partial charge in [-0.05, 0) is 12.0 Å². The lowest BCUT2D eigenvalue weighted by molar-refractivity contribution is -0.0952. The van der Waals surface area contributed by atoms with Gasteiger partial charge in [0.25, 0.3) is 0 Å². The fourth-order valence-corrected chi connectivity index (χ4v) is 2.63. The molecule has 3 nitrogen and oxygen atoms in total. The molecule has 0 bridgehead atoms. The van der Waals surface area contributed by atoms with Gasteiger partial charge in [0.1, 0.15) is 7.85 Å². The van der Waals surface area contributed by atoms with Crippen LogP contribution in [0.5, 0.6) is 0 Å². The molecule has 1 aromatic carbocycles. The Balaban J connectivity index is 1.93. The van der Waals surface area contributed by atoms with E-state index in [1.807, 2.05) is 44.2 Å². The minimum absolute atomic E-state index is 0.0247. The molecule has 19 heavy (non-hydrogen) atoms. The van der Waals surface area contributed by atoms with Gasteiger partial charge in [-0.1, -0.05) is 44.2 Å². The maximum absolute atomic E-state index is 9.94. The van der Waals surface area contributed by atoms with Crippen molar-refractivity contribution in [2.75, 3.05) is 6.61 Å². The van der Waals surface area contributed by atoms with Gasteiger partial charge in [0.2, 0.25) is 0 Å². The minimum Gasteiger partial charge on any atom is -0.391 e. The van der Waals surface area contributed by atoms with Crippen LogP contribution in [0.1, 0.15) is 25.8 Å². The zero-order valence-corrected chi connectivity index (χ0v) is 11.6. The first kappa shape index (κ1) is 14.6. The summed E-state index contributed by atoms with van der Waals surface area (Å²) < 4.78 is 11.5. The lowest BCUT2D eigenvalue weighted by Crippen LogP contribution is -2.40. The number of aliphatic hydroxyl groups excluding tert-OH is 1. The van der Waals surface area contributed by atoms with E-state index in [1.165, 1.54) is 0 Å². The monoisotopic (exact) mass is 260 g/mol. The highest BCUT2D eigenvalue weighted by Gasteiger charge is 2.49. The first-order chi connectivity index (χ1) is 9.09. The molecular formula is C15H21BO3. The SMILES string of the molecule is [B][C@@H]1O[C@](CC)(COCc2ccccc2)[C@@H](C)[C@H]1O. The predicted octanol–water partition coefficient (Wildman–Crippen LogP) is 1.87.